The van der Waals surface area contributed by atoms with Crippen LogP contribution < -0.4 is 0 Å². The van der Waals surface area contributed by atoms with Crippen molar-refractivity contribution in [3.8, 4) is 11.6 Å². The summed E-state index contributed by atoms with van der Waals surface area (Å²) in [6, 6.07) is 9.71. The van der Waals surface area contributed by atoms with E-state index in [4.69, 9.17) is 4.42 Å². The molecule has 4 heteroatoms. The minimum atomic E-state index is 0.766. The van der Waals surface area contributed by atoms with Gasteiger partial charge in [-0.25, -0.2) is 4.98 Å². The molecule has 0 radical (unpaired) electrons. The predicted molar refractivity (Wildman–Crippen MR) is 60.6 cm³/mol. The normalized spacial score (nSPS) is 11.0. The Balaban J connectivity index is 2.37. The van der Waals surface area contributed by atoms with Gasteiger partial charge in [-0.1, -0.05) is 6.07 Å². The third-order valence-electron chi connectivity index (χ3n) is 2.25. The Morgan fingerprint density at radius 2 is 2.13 bits per heavy atom. The van der Waals surface area contributed by atoms with Crippen LogP contribution in [-0.2, 0) is 0 Å². The molecule has 74 valence electrons. The van der Waals surface area contributed by atoms with Gasteiger partial charge < -0.3 is 4.42 Å². The molecule has 3 aromatic heterocycles. The third kappa shape index (κ3) is 1.29. The summed E-state index contributed by atoms with van der Waals surface area (Å²) in [5.41, 5.74) is 1.04. The highest BCUT2D eigenvalue weighted by Crippen LogP contribution is 2.23. The van der Waals surface area contributed by atoms with E-state index in [9.17, 15) is 0 Å². The molecule has 0 saturated heterocycles. The van der Waals surface area contributed by atoms with Crippen LogP contribution in [-0.4, -0.2) is 9.38 Å². The van der Waals surface area contributed by atoms with Crippen LogP contribution in [0.4, 0.5) is 0 Å². The molecule has 3 nitrogen and oxygen atoms in total. The van der Waals surface area contributed by atoms with Crippen LogP contribution in [0.5, 0.6) is 0 Å². The van der Waals surface area contributed by atoms with Crippen molar-refractivity contribution in [3.63, 3.8) is 0 Å². The van der Waals surface area contributed by atoms with Crippen LogP contribution >= 0.6 is 15.9 Å². The van der Waals surface area contributed by atoms with E-state index in [-0.39, 0.29) is 0 Å². The zero-order valence-electron chi connectivity index (χ0n) is 7.72. The van der Waals surface area contributed by atoms with Crippen LogP contribution in [0, 0.1) is 0 Å². The maximum atomic E-state index is 5.34. The number of hydrogen-bond donors (Lipinski definition) is 0. The second-order valence-electron chi connectivity index (χ2n) is 3.17. The molecule has 0 amide bonds. The number of pyridine rings is 1. The number of halogens is 1. The highest BCUT2D eigenvalue weighted by molar-refractivity contribution is 9.10. The summed E-state index contributed by atoms with van der Waals surface area (Å²) in [5, 5.41) is 0. The molecule has 0 spiro atoms. The Hall–Kier alpha value is -1.55. The lowest BCUT2D eigenvalue weighted by Gasteiger charge is -2.00. The summed E-state index contributed by atoms with van der Waals surface area (Å²) in [5.74, 6) is 1.57. The molecule has 3 heterocycles. The van der Waals surface area contributed by atoms with Gasteiger partial charge in [-0.2, -0.15) is 0 Å². The monoisotopic (exact) mass is 262 g/mol. The Labute approximate surface area is 94.5 Å². The molecule has 0 unspecified atom stereocenters. The lowest BCUT2D eigenvalue weighted by atomic mass is 10.4. The van der Waals surface area contributed by atoms with Crippen molar-refractivity contribution >= 4 is 21.4 Å². The average Bonchev–Trinajstić information content (AvgIpc) is 2.85. The lowest BCUT2D eigenvalue weighted by molar-refractivity contribution is 0.576. The number of hydrogen-bond acceptors (Lipinski definition) is 2. The molecule has 0 fully saturated rings. The minimum absolute atomic E-state index is 0.766. The van der Waals surface area contributed by atoms with Crippen molar-refractivity contribution in [1.82, 2.24) is 9.38 Å². The van der Waals surface area contributed by atoms with Crippen molar-refractivity contribution in [1.29, 1.82) is 0 Å². The van der Waals surface area contributed by atoms with Crippen LogP contribution in [0.3, 0.4) is 0 Å². The molecule has 0 aliphatic carbocycles. The maximum absolute atomic E-state index is 5.34. The molecular weight excluding hydrogens is 256 g/mol. The van der Waals surface area contributed by atoms with E-state index < -0.39 is 0 Å². The second kappa shape index (κ2) is 3.24. The van der Waals surface area contributed by atoms with Gasteiger partial charge in [0.25, 0.3) is 0 Å². The maximum Gasteiger partial charge on any atom is 0.181 e. The molecule has 0 saturated carbocycles. The van der Waals surface area contributed by atoms with Crippen molar-refractivity contribution in [2.24, 2.45) is 0 Å². The zero-order valence-corrected chi connectivity index (χ0v) is 9.31. The summed E-state index contributed by atoms with van der Waals surface area (Å²) < 4.78 is 8.30. The fourth-order valence-corrected chi connectivity index (χ4v) is 2.11. The average molecular weight is 263 g/mol. The Morgan fingerprint density at radius 3 is 2.93 bits per heavy atom. The molecule has 0 aliphatic heterocycles. The highest BCUT2D eigenvalue weighted by atomic mass is 79.9. The molecular formula is C11H7BrN2O. The first kappa shape index (κ1) is 8.73. The minimum Gasteiger partial charge on any atom is -0.461 e. The number of fused-ring (bicyclic) bond motifs is 1. The molecule has 0 aromatic carbocycles. The second-order valence-corrected chi connectivity index (χ2v) is 3.98. The van der Waals surface area contributed by atoms with Gasteiger partial charge in [0, 0.05) is 0 Å². The van der Waals surface area contributed by atoms with Gasteiger partial charge in [0.05, 0.1) is 22.6 Å². The van der Waals surface area contributed by atoms with Crippen molar-refractivity contribution in [2.45, 2.75) is 0 Å². The quantitative estimate of drug-likeness (QED) is 0.630. The van der Waals surface area contributed by atoms with Crippen LogP contribution in [0.2, 0.25) is 0 Å². The Morgan fingerprint density at radius 1 is 1.20 bits per heavy atom. The van der Waals surface area contributed by atoms with Crippen LogP contribution in [0.1, 0.15) is 0 Å². The molecule has 0 atom stereocenters. The first-order valence-electron chi connectivity index (χ1n) is 4.52. The largest absolute Gasteiger partial charge is 0.461 e. The van der Waals surface area contributed by atoms with Crippen molar-refractivity contribution in [3.05, 3.63) is 47.4 Å². The van der Waals surface area contributed by atoms with Gasteiger partial charge >= 0.3 is 0 Å². The third-order valence-corrected chi connectivity index (χ3v) is 2.86. The summed E-state index contributed by atoms with van der Waals surface area (Å²) in [6.45, 7) is 0. The smallest absolute Gasteiger partial charge is 0.181 e. The van der Waals surface area contributed by atoms with Crippen LogP contribution in [0.25, 0.3) is 17.1 Å². The van der Waals surface area contributed by atoms with Gasteiger partial charge in [-0.15, -0.1) is 0 Å². The summed E-state index contributed by atoms with van der Waals surface area (Å²) in [7, 11) is 0. The zero-order chi connectivity index (χ0) is 10.3. The topological polar surface area (TPSA) is 30.4 Å². The number of furan rings is 1. The fourth-order valence-electron chi connectivity index (χ4n) is 1.59. The summed E-state index contributed by atoms with van der Waals surface area (Å²) >= 11 is 3.49. The molecule has 3 aromatic rings. The molecule has 0 N–H and O–H groups in total. The highest BCUT2D eigenvalue weighted by Gasteiger charge is 2.09. The van der Waals surface area contributed by atoms with E-state index >= 15 is 0 Å². The standard InChI is InChI=1S/C11H7BrN2O/c12-10-5-1-3-8-7-13-11(14(8)10)9-4-2-6-15-9/h1-7H. The Kier molecular flexibility index (Phi) is 1.89. The number of imidazole rings is 1. The fraction of sp³-hybridized carbons (Fsp3) is 0. The van der Waals surface area contributed by atoms with E-state index in [1.807, 2.05) is 40.9 Å². The molecule has 0 bridgehead atoms. The molecule has 0 aliphatic rings. The van der Waals surface area contributed by atoms with Gasteiger partial charge in [-0.3, -0.25) is 4.40 Å². The Bertz CT molecular complexity index is 598. The predicted octanol–water partition coefficient (Wildman–Crippen LogP) is 3.36. The van der Waals surface area contributed by atoms with Crippen LogP contribution in [0.15, 0.2) is 51.8 Å². The van der Waals surface area contributed by atoms with Gasteiger partial charge in [-0.05, 0) is 40.2 Å². The van der Waals surface area contributed by atoms with E-state index in [1.54, 1.807) is 6.26 Å². The van der Waals surface area contributed by atoms with E-state index in [0.717, 1.165) is 21.7 Å². The molecule has 3 rings (SSSR count). The van der Waals surface area contributed by atoms with Gasteiger partial charge in [0.2, 0.25) is 0 Å². The molecule has 15 heavy (non-hydrogen) atoms. The van der Waals surface area contributed by atoms with Gasteiger partial charge in [0.15, 0.2) is 11.6 Å². The first-order valence-corrected chi connectivity index (χ1v) is 5.31. The number of rotatable bonds is 1. The van der Waals surface area contributed by atoms with Crippen molar-refractivity contribution in [2.75, 3.05) is 0 Å². The number of nitrogens with zero attached hydrogens (tertiary/aromatic N) is 2. The van der Waals surface area contributed by atoms with E-state index in [2.05, 4.69) is 20.9 Å². The first-order chi connectivity index (χ1) is 7.36. The number of aromatic nitrogens is 2. The SMILES string of the molecule is Brc1cccc2cnc(-c3ccco3)n12. The summed E-state index contributed by atoms with van der Waals surface area (Å²) in [4.78, 5) is 4.34. The van der Waals surface area contributed by atoms with Crippen molar-refractivity contribution < 1.29 is 4.42 Å². The van der Waals surface area contributed by atoms with E-state index in [0.29, 0.717) is 0 Å². The van der Waals surface area contributed by atoms with E-state index in [1.165, 1.54) is 0 Å². The van der Waals surface area contributed by atoms with Gasteiger partial charge in [0.1, 0.15) is 0 Å². The summed E-state index contributed by atoms with van der Waals surface area (Å²) in [6.07, 6.45) is 3.47. The lowest BCUT2D eigenvalue weighted by Crippen LogP contribution is -1.89.